The molecular weight excluding hydrogens is 318 g/mol. The smallest absolute Gasteiger partial charge is 0.233 e. The second-order valence-electron chi connectivity index (χ2n) is 6.68. The van der Waals surface area contributed by atoms with Gasteiger partial charge in [0.15, 0.2) is 0 Å². The number of nitrogens with zero attached hydrogens (tertiary/aromatic N) is 3. The summed E-state index contributed by atoms with van der Waals surface area (Å²) >= 11 is 0. The molecule has 0 bridgehead atoms. The van der Waals surface area contributed by atoms with E-state index in [1.54, 1.807) is 6.20 Å². The molecule has 0 radical (unpaired) electrons. The van der Waals surface area contributed by atoms with Crippen molar-refractivity contribution >= 4 is 11.7 Å². The summed E-state index contributed by atoms with van der Waals surface area (Å²) in [4.78, 5) is 21.0. The van der Waals surface area contributed by atoms with E-state index in [1.165, 1.54) is 0 Å². The molecule has 7 nitrogen and oxygen atoms in total. The van der Waals surface area contributed by atoms with Crippen molar-refractivity contribution in [1.29, 1.82) is 0 Å². The molecule has 25 heavy (non-hydrogen) atoms. The Morgan fingerprint density at radius 2 is 2.36 bits per heavy atom. The van der Waals surface area contributed by atoms with Gasteiger partial charge in [-0.2, -0.15) is 0 Å². The van der Waals surface area contributed by atoms with Crippen LogP contribution >= 0.6 is 0 Å². The van der Waals surface area contributed by atoms with Gasteiger partial charge in [-0.3, -0.25) is 9.20 Å². The van der Waals surface area contributed by atoms with Crippen molar-refractivity contribution < 1.29 is 9.53 Å². The lowest BCUT2D eigenvalue weighted by molar-refractivity contribution is -0.127. The maximum atomic E-state index is 12.4. The molecule has 1 aliphatic carbocycles. The molecule has 3 atom stereocenters. The maximum absolute atomic E-state index is 12.4. The van der Waals surface area contributed by atoms with Crippen LogP contribution in [0.4, 0.5) is 0 Å². The van der Waals surface area contributed by atoms with Crippen LogP contribution < -0.4 is 11.1 Å². The Balaban J connectivity index is 1.43. The molecule has 7 heteroatoms. The predicted molar refractivity (Wildman–Crippen MR) is 95.0 cm³/mol. The second-order valence-corrected chi connectivity index (χ2v) is 6.68. The highest BCUT2D eigenvalue weighted by Gasteiger charge is 2.32. The molecule has 3 N–H and O–H groups in total. The van der Waals surface area contributed by atoms with Gasteiger partial charge in [0.2, 0.25) is 11.7 Å². The van der Waals surface area contributed by atoms with Gasteiger partial charge < -0.3 is 15.8 Å². The summed E-state index contributed by atoms with van der Waals surface area (Å²) < 4.78 is 7.65. The van der Waals surface area contributed by atoms with Crippen molar-refractivity contribution in [2.45, 2.75) is 51.2 Å². The lowest BCUT2D eigenvalue weighted by Gasteiger charge is -2.33. The van der Waals surface area contributed by atoms with E-state index in [1.807, 2.05) is 22.9 Å². The zero-order valence-corrected chi connectivity index (χ0v) is 14.7. The summed E-state index contributed by atoms with van der Waals surface area (Å²) in [6, 6.07) is 1.81. The molecule has 0 unspecified atom stereocenters. The van der Waals surface area contributed by atoms with E-state index in [0.717, 1.165) is 31.6 Å². The Morgan fingerprint density at radius 3 is 3.12 bits per heavy atom. The number of aromatic nitrogens is 3. The van der Waals surface area contributed by atoms with Crippen molar-refractivity contribution in [3.8, 4) is 0 Å². The minimum absolute atomic E-state index is 0.0146. The summed E-state index contributed by atoms with van der Waals surface area (Å²) in [6.45, 7) is 3.40. The molecule has 1 amide bonds. The summed E-state index contributed by atoms with van der Waals surface area (Å²) in [7, 11) is 0. The van der Waals surface area contributed by atoms with E-state index in [4.69, 9.17) is 10.5 Å². The summed E-state index contributed by atoms with van der Waals surface area (Å²) in [5.41, 5.74) is 7.11. The van der Waals surface area contributed by atoms with E-state index in [2.05, 4.69) is 22.2 Å². The normalized spacial score (nSPS) is 23.7. The first kappa shape index (κ1) is 17.8. The minimum Gasteiger partial charge on any atom is -0.377 e. The first-order chi connectivity index (χ1) is 12.2. The van der Waals surface area contributed by atoms with Crippen LogP contribution in [0.1, 0.15) is 38.3 Å². The largest absolute Gasteiger partial charge is 0.377 e. The van der Waals surface area contributed by atoms with E-state index in [-0.39, 0.29) is 24.0 Å². The fraction of sp³-hybridized carbons (Fsp3) is 0.611. The number of ether oxygens (including phenoxy) is 1. The van der Waals surface area contributed by atoms with E-state index >= 15 is 0 Å². The number of fused-ring (bicyclic) bond motifs is 1. The molecule has 0 aliphatic heterocycles. The number of nitrogens with one attached hydrogen (secondary N) is 1. The van der Waals surface area contributed by atoms with Gasteiger partial charge in [0, 0.05) is 50.1 Å². The average molecular weight is 345 g/mol. The van der Waals surface area contributed by atoms with Gasteiger partial charge in [-0.05, 0) is 31.7 Å². The van der Waals surface area contributed by atoms with Gasteiger partial charge in [0.25, 0.3) is 0 Å². The van der Waals surface area contributed by atoms with Crippen molar-refractivity contribution in [2.75, 3.05) is 13.2 Å². The highest BCUT2D eigenvalue weighted by Crippen LogP contribution is 2.26. The van der Waals surface area contributed by atoms with Crippen LogP contribution in [0.25, 0.3) is 5.78 Å². The standard InChI is InChI=1S/C18H27N5O2/c1-2-10-25-16-5-4-13(11-15(16)19)17(24)20-8-6-14-12-23-9-3-7-21-18(23)22-14/h3,7,9,12-13,15-16H,2,4-6,8,10-11,19H2,1H3,(H,20,24)/t13-,15+,16+/m0/s1. The number of carbonyl (C=O) groups excluding carboxylic acids is 1. The Hall–Kier alpha value is -1.99. The molecule has 2 heterocycles. The van der Waals surface area contributed by atoms with Crippen LogP contribution in [0, 0.1) is 5.92 Å². The molecule has 0 spiro atoms. The molecule has 1 aliphatic rings. The maximum Gasteiger partial charge on any atom is 0.233 e. The van der Waals surface area contributed by atoms with Crippen LogP contribution in [0.2, 0.25) is 0 Å². The highest BCUT2D eigenvalue weighted by atomic mass is 16.5. The second kappa shape index (κ2) is 8.40. The van der Waals surface area contributed by atoms with Gasteiger partial charge in [-0.15, -0.1) is 0 Å². The summed E-state index contributed by atoms with van der Waals surface area (Å²) in [5.74, 6) is 0.755. The van der Waals surface area contributed by atoms with Crippen LogP contribution in [0.15, 0.2) is 24.7 Å². The Kier molecular flexibility index (Phi) is 5.99. The first-order valence-corrected chi connectivity index (χ1v) is 9.11. The number of amides is 1. The predicted octanol–water partition coefficient (Wildman–Crippen LogP) is 1.31. The fourth-order valence-corrected chi connectivity index (χ4v) is 3.35. The molecule has 0 aromatic carbocycles. The lowest BCUT2D eigenvalue weighted by Crippen LogP contribution is -2.46. The minimum atomic E-state index is -0.0550. The van der Waals surface area contributed by atoms with E-state index in [9.17, 15) is 4.79 Å². The summed E-state index contributed by atoms with van der Waals surface area (Å²) in [5, 5.41) is 3.02. The van der Waals surface area contributed by atoms with E-state index < -0.39 is 0 Å². The SMILES string of the molecule is CCCO[C@@H]1CC[C@H](C(=O)NCCc2cn3cccnc3n2)C[C@H]1N. The number of carbonyl (C=O) groups is 1. The molecule has 0 saturated heterocycles. The van der Waals surface area contributed by atoms with Crippen molar-refractivity contribution in [2.24, 2.45) is 11.7 Å². The number of nitrogens with two attached hydrogens (primary N) is 1. The van der Waals surface area contributed by atoms with E-state index in [0.29, 0.717) is 25.2 Å². The van der Waals surface area contributed by atoms with Gasteiger partial charge in [0.05, 0.1) is 11.8 Å². The van der Waals surface area contributed by atoms with Crippen LogP contribution in [0.5, 0.6) is 0 Å². The Bertz CT molecular complexity index is 669. The third-order valence-electron chi connectivity index (χ3n) is 4.71. The monoisotopic (exact) mass is 345 g/mol. The first-order valence-electron chi connectivity index (χ1n) is 9.11. The number of hydrogen-bond acceptors (Lipinski definition) is 5. The van der Waals surface area contributed by atoms with Gasteiger partial charge in [-0.25, -0.2) is 9.97 Å². The highest BCUT2D eigenvalue weighted by molar-refractivity contribution is 5.78. The zero-order chi connectivity index (χ0) is 17.6. The van der Waals surface area contributed by atoms with Crippen LogP contribution in [-0.2, 0) is 16.0 Å². The summed E-state index contributed by atoms with van der Waals surface area (Å²) in [6.07, 6.45) is 9.74. The van der Waals surface area contributed by atoms with Crippen molar-refractivity contribution in [1.82, 2.24) is 19.7 Å². The number of imidazole rings is 1. The molecule has 3 rings (SSSR count). The Morgan fingerprint density at radius 1 is 1.48 bits per heavy atom. The molecule has 2 aromatic heterocycles. The third-order valence-corrected chi connectivity index (χ3v) is 4.71. The number of hydrogen-bond donors (Lipinski definition) is 2. The van der Waals surface area contributed by atoms with Gasteiger partial charge in [-0.1, -0.05) is 6.92 Å². The lowest BCUT2D eigenvalue weighted by atomic mass is 9.83. The van der Waals surface area contributed by atoms with Crippen LogP contribution in [-0.4, -0.2) is 45.6 Å². The topological polar surface area (TPSA) is 94.5 Å². The van der Waals surface area contributed by atoms with Crippen molar-refractivity contribution in [3.63, 3.8) is 0 Å². The van der Waals surface area contributed by atoms with Crippen LogP contribution in [0.3, 0.4) is 0 Å². The quantitative estimate of drug-likeness (QED) is 0.789. The third kappa shape index (κ3) is 4.55. The zero-order valence-electron chi connectivity index (χ0n) is 14.7. The molecular formula is C18H27N5O2. The molecule has 136 valence electrons. The van der Waals surface area contributed by atoms with Gasteiger partial charge >= 0.3 is 0 Å². The van der Waals surface area contributed by atoms with Crippen molar-refractivity contribution in [3.05, 3.63) is 30.4 Å². The Labute approximate surface area is 148 Å². The molecule has 2 aromatic rings. The number of rotatable bonds is 7. The van der Waals surface area contributed by atoms with Gasteiger partial charge in [0.1, 0.15) is 0 Å². The average Bonchev–Trinajstić information content (AvgIpc) is 3.03. The fourth-order valence-electron chi connectivity index (χ4n) is 3.35. The molecule has 1 fully saturated rings. The molecule has 1 saturated carbocycles.